The Morgan fingerprint density at radius 2 is 1.81 bits per heavy atom. The summed E-state index contributed by atoms with van der Waals surface area (Å²) in [5.74, 6) is 0. The number of ether oxygens (including phenoxy) is 1. The van der Waals surface area contributed by atoms with E-state index < -0.39 is 0 Å². The summed E-state index contributed by atoms with van der Waals surface area (Å²) < 4.78 is 5.97. The molecular formula is C19H33NO. The van der Waals surface area contributed by atoms with Crippen LogP contribution >= 0.6 is 0 Å². The predicted octanol–water partition coefficient (Wildman–Crippen LogP) is 5.06. The molecule has 1 unspecified atom stereocenters. The fourth-order valence-corrected chi connectivity index (χ4v) is 2.33. The lowest BCUT2D eigenvalue weighted by Crippen LogP contribution is -2.21. The minimum atomic E-state index is 0.360. The van der Waals surface area contributed by atoms with Crippen LogP contribution in [0.2, 0.25) is 0 Å². The van der Waals surface area contributed by atoms with E-state index in [9.17, 15) is 0 Å². The number of nitrogens with one attached hydrogen (secondary N) is 1. The minimum Gasteiger partial charge on any atom is -0.374 e. The zero-order valence-electron chi connectivity index (χ0n) is 14.3. The van der Waals surface area contributed by atoms with Crippen molar-refractivity contribution in [3.8, 4) is 0 Å². The molecule has 1 rings (SSSR count). The standard InChI is InChI=1S/C19H33NO/c1-5-6-7-8-10-17(4)21-15-19-12-9-11-18(13-19)14-20-16(2)3/h9,11-13,16-17,20H,5-8,10,14-15H2,1-4H3. The molecule has 0 aliphatic carbocycles. The van der Waals surface area contributed by atoms with Crippen LogP contribution in [0.1, 0.15) is 70.9 Å². The number of hydrogen-bond donors (Lipinski definition) is 1. The van der Waals surface area contributed by atoms with Gasteiger partial charge in [-0.15, -0.1) is 0 Å². The third-order valence-corrected chi connectivity index (χ3v) is 3.70. The Hall–Kier alpha value is -0.860. The summed E-state index contributed by atoms with van der Waals surface area (Å²) >= 11 is 0. The van der Waals surface area contributed by atoms with Gasteiger partial charge in [0.2, 0.25) is 0 Å². The van der Waals surface area contributed by atoms with E-state index in [1.807, 2.05) is 0 Å². The second-order valence-electron chi connectivity index (χ2n) is 6.33. The van der Waals surface area contributed by atoms with Crippen molar-refractivity contribution in [2.75, 3.05) is 0 Å². The first-order valence-electron chi connectivity index (χ1n) is 8.54. The largest absolute Gasteiger partial charge is 0.374 e. The first-order valence-corrected chi connectivity index (χ1v) is 8.54. The maximum atomic E-state index is 5.97. The number of rotatable bonds is 11. The van der Waals surface area contributed by atoms with Gasteiger partial charge >= 0.3 is 0 Å². The van der Waals surface area contributed by atoms with Crippen molar-refractivity contribution >= 4 is 0 Å². The second-order valence-corrected chi connectivity index (χ2v) is 6.33. The summed E-state index contributed by atoms with van der Waals surface area (Å²) in [7, 11) is 0. The van der Waals surface area contributed by atoms with E-state index in [1.54, 1.807) is 0 Å². The van der Waals surface area contributed by atoms with Crippen molar-refractivity contribution in [3.63, 3.8) is 0 Å². The summed E-state index contributed by atoms with van der Waals surface area (Å²) in [5.41, 5.74) is 2.61. The van der Waals surface area contributed by atoms with Gasteiger partial charge in [-0.1, -0.05) is 70.7 Å². The lowest BCUT2D eigenvalue weighted by molar-refractivity contribution is 0.0458. The molecule has 120 valence electrons. The Morgan fingerprint density at radius 1 is 1.05 bits per heavy atom. The molecule has 1 N–H and O–H groups in total. The third kappa shape index (κ3) is 8.90. The van der Waals surface area contributed by atoms with E-state index in [2.05, 4.69) is 57.3 Å². The van der Waals surface area contributed by atoms with Crippen LogP contribution < -0.4 is 5.32 Å². The van der Waals surface area contributed by atoms with Gasteiger partial charge in [0.15, 0.2) is 0 Å². The molecule has 0 aliphatic heterocycles. The summed E-state index contributed by atoms with van der Waals surface area (Å²) in [4.78, 5) is 0. The topological polar surface area (TPSA) is 21.3 Å². The maximum Gasteiger partial charge on any atom is 0.0720 e. The second kappa shape index (κ2) is 10.8. The summed E-state index contributed by atoms with van der Waals surface area (Å²) in [6.07, 6.45) is 6.80. The highest BCUT2D eigenvalue weighted by atomic mass is 16.5. The molecule has 0 spiro atoms. The third-order valence-electron chi connectivity index (χ3n) is 3.70. The van der Waals surface area contributed by atoms with E-state index in [-0.39, 0.29) is 0 Å². The van der Waals surface area contributed by atoms with Crippen LogP contribution in [-0.2, 0) is 17.9 Å². The number of benzene rings is 1. The first-order chi connectivity index (χ1) is 10.1. The SMILES string of the molecule is CCCCCCC(C)OCc1cccc(CNC(C)C)c1. The molecule has 2 nitrogen and oxygen atoms in total. The molecule has 21 heavy (non-hydrogen) atoms. The Kier molecular flexibility index (Phi) is 9.36. The maximum absolute atomic E-state index is 5.97. The minimum absolute atomic E-state index is 0.360. The Bertz CT molecular complexity index is 376. The molecule has 0 saturated carbocycles. The van der Waals surface area contributed by atoms with E-state index in [4.69, 9.17) is 4.74 Å². The Morgan fingerprint density at radius 3 is 2.52 bits per heavy atom. The van der Waals surface area contributed by atoms with Crippen LogP contribution in [0.4, 0.5) is 0 Å². The van der Waals surface area contributed by atoms with Crippen molar-refractivity contribution in [3.05, 3.63) is 35.4 Å². The normalized spacial score (nSPS) is 12.8. The van der Waals surface area contributed by atoms with Gasteiger partial charge in [-0.2, -0.15) is 0 Å². The van der Waals surface area contributed by atoms with E-state index in [0.29, 0.717) is 12.1 Å². The van der Waals surface area contributed by atoms with Crippen LogP contribution in [0.5, 0.6) is 0 Å². The van der Waals surface area contributed by atoms with Crippen molar-refractivity contribution in [1.82, 2.24) is 5.32 Å². The molecule has 0 aliphatic rings. The van der Waals surface area contributed by atoms with Crippen molar-refractivity contribution < 1.29 is 4.74 Å². The van der Waals surface area contributed by atoms with Crippen molar-refractivity contribution in [1.29, 1.82) is 0 Å². The lowest BCUT2D eigenvalue weighted by atomic mass is 10.1. The first kappa shape index (κ1) is 18.2. The van der Waals surface area contributed by atoms with E-state index in [0.717, 1.165) is 13.2 Å². The van der Waals surface area contributed by atoms with Crippen LogP contribution in [0.3, 0.4) is 0 Å². The summed E-state index contributed by atoms with van der Waals surface area (Å²) in [6.45, 7) is 10.4. The molecule has 0 aromatic heterocycles. The van der Waals surface area contributed by atoms with Gasteiger partial charge in [0.05, 0.1) is 12.7 Å². The van der Waals surface area contributed by atoms with Gasteiger partial charge in [0.25, 0.3) is 0 Å². The molecule has 0 amide bonds. The zero-order chi connectivity index (χ0) is 15.5. The van der Waals surface area contributed by atoms with Crippen LogP contribution in [0.15, 0.2) is 24.3 Å². The highest BCUT2D eigenvalue weighted by Gasteiger charge is 2.03. The molecule has 1 aromatic rings. The van der Waals surface area contributed by atoms with Gasteiger partial charge in [-0.3, -0.25) is 0 Å². The number of unbranched alkanes of at least 4 members (excludes halogenated alkanes) is 3. The molecular weight excluding hydrogens is 258 g/mol. The van der Waals surface area contributed by atoms with Crippen LogP contribution in [-0.4, -0.2) is 12.1 Å². The average Bonchev–Trinajstić information content (AvgIpc) is 2.48. The molecule has 2 heteroatoms. The highest BCUT2D eigenvalue weighted by molar-refractivity contribution is 5.22. The molecule has 0 fully saturated rings. The molecule has 1 aromatic carbocycles. The highest BCUT2D eigenvalue weighted by Crippen LogP contribution is 2.12. The molecule has 0 radical (unpaired) electrons. The lowest BCUT2D eigenvalue weighted by Gasteiger charge is -2.14. The van der Waals surface area contributed by atoms with E-state index in [1.165, 1.54) is 43.2 Å². The summed E-state index contributed by atoms with van der Waals surface area (Å²) in [5, 5.41) is 3.45. The van der Waals surface area contributed by atoms with Crippen LogP contribution in [0, 0.1) is 0 Å². The fraction of sp³-hybridized carbons (Fsp3) is 0.684. The van der Waals surface area contributed by atoms with Gasteiger partial charge in [0, 0.05) is 12.6 Å². The molecule has 0 heterocycles. The van der Waals surface area contributed by atoms with Crippen molar-refractivity contribution in [2.24, 2.45) is 0 Å². The summed E-state index contributed by atoms with van der Waals surface area (Å²) in [6, 6.07) is 9.23. The zero-order valence-corrected chi connectivity index (χ0v) is 14.3. The Labute approximate surface area is 131 Å². The molecule has 1 atom stereocenters. The van der Waals surface area contributed by atoms with Crippen LogP contribution in [0.25, 0.3) is 0 Å². The number of hydrogen-bond acceptors (Lipinski definition) is 2. The smallest absolute Gasteiger partial charge is 0.0720 e. The molecule has 0 saturated heterocycles. The van der Waals surface area contributed by atoms with Crippen molar-refractivity contribution in [2.45, 2.75) is 85.1 Å². The average molecular weight is 291 g/mol. The fourth-order valence-electron chi connectivity index (χ4n) is 2.33. The van der Waals surface area contributed by atoms with Gasteiger partial charge in [-0.05, 0) is 24.5 Å². The monoisotopic (exact) mass is 291 g/mol. The van der Waals surface area contributed by atoms with Gasteiger partial charge < -0.3 is 10.1 Å². The van der Waals surface area contributed by atoms with E-state index >= 15 is 0 Å². The molecule has 0 bridgehead atoms. The Balaban J connectivity index is 2.29. The quantitative estimate of drug-likeness (QED) is 0.575. The predicted molar refractivity (Wildman–Crippen MR) is 91.4 cm³/mol. The van der Waals surface area contributed by atoms with Gasteiger partial charge in [-0.25, -0.2) is 0 Å². The van der Waals surface area contributed by atoms with Gasteiger partial charge in [0.1, 0.15) is 0 Å².